The maximum Gasteiger partial charge on any atom is 0.474 e. The van der Waals surface area contributed by atoms with E-state index in [9.17, 15) is 4.79 Å². The highest BCUT2D eigenvalue weighted by molar-refractivity contribution is 5.86. The van der Waals surface area contributed by atoms with Crippen molar-refractivity contribution in [1.82, 2.24) is 0 Å². The molecule has 0 aliphatic carbocycles. The lowest BCUT2D eigenvalue weighted by atomic mass is 10.6. The molecule has 0 N–H and O–H groups in total. The predicted molar refractivity (Wildman–Crippen MR) is 15.7 cm³/mol. The van der Waals surface area contributed by atoms with Crippen molar-refractivity contribution in [3.05, 3.63) is 13.8 Å². The Hall–Kier alpha value is -0.590. The van der Waals surface area contributed by atoms with Crippen LogP contribution < -0.4 is 0 Å². The lowest BCUT2D eigenvalue weighted by molar-refractivity contribution is -0.110. The summed E-state index contributed by atoms with van der Waals surface area (Å²) in [6.07, 6.45) is 0. The highest BCUT2D eigenvalue weighted by Gasteiger charge is 1.89. The molecule has 0 spiro atoms. The van der Waals surface area contributed by atoms with E-state index in [0.29, 0.717) is 0 Å². The van der Waals surface area contributed by atoms with Gasteiger partial charge in [-0.2, -0.15) is 4.79 Å². The van der Waals surface area contributed by atoms with Crippen LogP contribution in [0.3, 0.4) is 0 Å². The van der Waals surface area contributed by atoms with Gasteiger partial charge >= 0.3 is 5.78 Å². The van der Waals surface area contributed by atoms with Gasteiger partial charge in [-0.25, -0.2) is 0 Å². The lowest BCUT2D eigenvalue weighted by Crippen LogP contribution is -1.71. The Morgan fingerprint density at radius 1 is 1.50 bits per heavy atom. The standard InChI is InChI=1S/C3H4O/c1-3(2)4/h1-2H2/q+2. The number of carbonyl (C=O) groups is 1. The third-order valence-electron chi connectivity index (χ3n) is 0. The van der Waals surface area contributed by atoms with Crippen LogP contribution in [0.4, 0.5) is 0 Å². The molecule has 0 saturated carbocycles. The van der Waals surface area contributed by atoms with Crippen LogP contribution in [0.15, 0.2) is 0 Å². The molecule has 20 valence electrons. The minimum atomic E-state index is -0.333. The number of carbonyl (C=O) groups excluding carboxylic acids is 1. The molecule has 4 heavy (non-hydrogen) atoms. The summed E-state index contributed by atoms with van der Waals surface area (Å²) in [5, 5.41) is 0. The molecule has 0 aromatic rings. The van der Waals surface area contributed by atoms with Crippen molar-refractivity contribution >= 4 is 5.78 Å². The van der Waals surface area contributed by atoms with Gasteiger partial charge in [-0.15, -0.1) is 0 Å². The molecule has 0 rings (SSSR count). The Labute approximate surface area is 25.6 Å². The molecular formula is C3H4O+2. The minimum Gasteiger partial charge on any atom is -0.194 e. The van der Waals surface area contributed by atoms with Crippen LogP contribution >= 0.6 is 0 Å². The lowest BCUT2D eigenvalue weighted by Gasteiger charge is -1.31. The van der Waals surface area contributed by atoms with Gasteiger partial charge in [-0.3, -0.25) is 0 Å². The van der Waals surface area contributed by atoms with Gasteiger partial charge in [-0.05, 0) is 0 Å². The van der Waals surface area contributed by atoms with Gasteiger partial charge in [0.05, 0.1) is 0 Å². The molecule has 0 aromatic heterocycles. The van der Waals surface area contributed by atoms with E-state index in [1.165, 1.54) is 0 Å². The van der Waals surface area contributed by atoms with Gasteiger partial charge in [0.25, 0.3) is 0 Å². The topological polar surface area (TPSA) is 17.1 Å². The summed E-state index contributed by atoms with van der Waals surface area (Å²) in [5.41, 5.74) is 0. The molecule has 0 radical (unpaired) electrons. The molecule has 0 aliphatic rings. The van der Waals surface area contributed by atoms with E-state index in [2.05, 4.69) is 13.8 Å². The molecule has 0 amide bonds. The molecule has 0 saturated heterocycles. The molecule has 0 unspecified atom stereocenters. The molecule has 0 bridgehead atoms. The van der Waals surface area contributed by atoms with E-state index in [-0.39, 0.29) is 5.78 Å². The SMILES string of the molecule is [CH2+]C([CH2+])=O. The van der Waals surface area contributed by atoms with Crippen LogP contribution in [-0.4, -0.2) is 5.78 Å². The number of hydrogen-bond acceptors (Lipinski definition) is 1. The summed E-state index contributed by atoms with van der Waals surface area (Å²) in [7, 11) is 0. The van der Waals surface area contributed by atoms with Crippen molar-refractivity contribution in [1.29, 1.82) is 0 Å². The van der Waals surface area contributed by atoms with E-state index >= 15 is 0 Å². The molecular weight excluding hydrogens is 52.0 g/mol. The quantitative estimate of drug-likeness (QED) is 0.363. The first-order chi connectivity index (χ1) is 1.73. The van der Waals surface area contributed by atoms with Crippen LogP contribution in [0, 0.1) is 13.8 Å². The van der Waals surface area contributed by atoms with Crippen molar-refractivity contribution in [2.24, 2.45) is 0 Å². The third kappa shape index (κ3) is 0.681. The molecule has 1 heteroatoms. The van der Waals surface area contributed by atoms with Crippen LogP contribution in [0.1, 0.15) is 0 Å². The van der Waals surface area contributed by atoms with E-state index < -0.39 is 0 Å². The van der Waals surface area contributed by atoms with Crippen LogP contribution in [0.25, 0.3) is 0 Å². The summed E-state index contributed by atoms with van der Waals surface area (Å²) in [5.74, 6) is -0.333. The first-order valence-electron chi connectivity index (χ1n) is 0.911. The van der Waals surface area contributed by atoms with Gasteiger partial charge in [0.1, 0.15) is 0 Å². The Balaban J connectivity index is 2.80. The fourth-order valence-corrected chi connectivity index (χ4v) is 0. The largest absolute Gasteiger partial charge is 0.474 e. The van der Waals surface area contributed by atoms with E-state index in [0.717, 1.165) is 0 Å². The highest BCUT2D eigenvalue weighted by atomic mass is 16.1. The van der Waals surface area contributed by atoms with Crippen molar-refractivity contribution in [3.63, 3.8) is 0 Å². The van der Waals surface area contributed by atoms with Crippen LogP contribution in [0.5, 0.6) is 0 Å². The highest BCUT2D eigenvalue weighted by Crippen LogP contribution is 1.47. The zero-order valence-electron chi connectivity index (χ0n) is 2.32. The predicted octanol–water partition coefficient (Wildman–Crippen LogP) is 0.224. The van der Waals surface area contributed by atoms with Crippen molar-refractivity contribution < 1.29 is 4.79 Å². The summed E-state index contributed by atoms with van der Waals surface area (Å²) in [6, 6.07) is 0. The Morgan fingerprint density at radius 3 is 1.50 bits per heavy atom. The average molecular weight is 56.1 g/mol. The normalized spacial score (nSPS) is 6.00. The Morgan fingerprint density at radius 2 is 1.50 bits per heavy atom. The molecule has 0 aromatic carbocycles. The third-order valence-corrected chi connectivity index (χ3v) is 0. The van der Waals surface area contributed by atoms with Crippen molar-refractivity contribution in [2.45, 2.75) is 0 Å². The fraction of sp³-hybridized carbons (Fsp3) is 0. The summed E-state index contributed by atoms with van der Waals surface area (Å²) >= 11 is 0. The first-order valence-corrected chi connectivity index (χ1v) is 0.911. The monoisotopic (exact) mass is 56.0 g/mol. The Kier molecular flexibility index (Phi) is 0.703. The summed E-state index contributed by atoms with van der Waals surface area (Å²) < 4.78 is 0. The molecule has 0 fully saturated rings. The molecule has 0 atom stereocenters. The van der Waals surface area contributed by atoms with Crippen LogP contribution in [0.2, 0.25) is 0 Å². The second kappa shape index (κ2) is 0.825. The molecule has 0 heterocycles. The Bertz CT molecular complexity index is 26.3. The average Bonchev–Trinajstić information content (AvgIpc) is 0.811. The van der Waals surface area contributed by atoms with Gasteiger partial charge in [0.2, 0.25) is 0 Å². The van der Waals surface area contributed by atoms with Crippen molar-refractivity contribution in [2.75, 3.05) is 0 Å². The van der Waals surface area contributed by atoms with Gasteiger partial charge in [0.15, 0.2) is 13.8 Å². The van der Waals surface area contributed by atoms with Crippen LogP contribution in [-0.2, 0) is 4.79 Å². The van der Waals surface area contributed by atoms with E-state index in [4.69, 9.17) is 0 Å². The van der Waals surface area contributed by atoms with Gasteiger partial charge in [-0.1, -0.05) is 0 Å². The second-order valence-electron chi connectivity index (χ2n) is 0.539. The first kappa shape index (κ1) is 3.41. The zero-order valence-corrected chi connectivity index (χ0v) is 2.32. The van der Waals surface area contributed by atoms with E-state index in [1.54, 1.807) is 0 Å². The second-order valence-corrected chi connectivity index (χ2v) is 0.539. The minimum absolute atomic E-state index is 0.333. The summed E-state index contributed by atoms with van der Waals surface area (Å²) in [4.78, 5) is 9.22. The van der Waals surface area contributed by atoms with E-state index in [1.807, 2.05) is 0 Å². The number of Topliss-reactive ketones (excluding diaryl/α,β-unsaturated/α-hetero) is 1. The number of hydrogen-bond donors (Lipinski definition) is 0. The fourth-order valence-electron chi connectivity index (χ4n) is 0. The number of rotatable bonds is 0. The molecule has 0 aliphatic heterocycles. The van der Waals surface area contributed by atoms with Gasteiger partial charge in [0, 0.05) is 0 Å². The molecule has 1 nitrogen and oxygen atoms in total. The smallest absolute Gasteiger partial charge is 0.194 e. The van der Waals surface area contributed by atoms with Gasteiger partial charge < -0.3 is 0 Å². The maximum absolute atomic E-state index is 9.22. The zero-order chi connectivity index (χ0) is 3.58. The summed E-state index contributed by atoms with van der Waals surface area (Å²) in [6.45, 7) is 5.78. The maximum atomic E-state index is 9.22. The number of ketones is 1. The van der Waals surface area contributed by atoms with Crippen molar-refractivity contribution in [3.8, 4) is 0 Å².